The Morgan fingerprint density at radius 3 is 2.62 bits per heavy atom. The number of aryl methyl sites for hydroxylation is 2. The number of rotatable bonds is 5. The molecule has 1 heterocycles. The number of hydrogen-bond donors (Lipinski definition) is 1. The molecule has 0 radical (unpaired) electrons. The second kappa shape index (κ2) is 8.31. The molecule has 29 heavy (non-hydrogen) atoms. The van der Waals surface area contributed by atoms with Gasteiger partial charge in [-0.2, -0.15) is 0 Å². The number of anilines is 1. The van der Waals surface area contributed by atoms with Gasteiger partial charge in [0.15, 0.2) is 0 Å². The highest BCUT2D eigenvalue weighted by Gasteiger charge is 2.33. The molecule has 0 fully saturated rings. The van der Waals surface area contributed by atoms with E-state index in [1.54, 1.807) is 6.07 Å². The first-order valence-corrected chi connectivity index (χ1v) is 10.5. The summed E-state index contributed by atoms with van der Waals surface area (Å²) in [4.78, 5) is 9.63. The normalized spacial score (nSPS) is 18.0. The highest BCUT2D eigenvalue weighted by molar-refractivity contribution is 6.36. The third-order valence-electron chi connectivity index (χ3n) is 5.29. The maximum atomic E-state index is 6.39. The van der Waals surface area contributed by atoms with Gasteiger partial charge in [0, 0.05) is 23.6 Å². The van der Waals surface area contributed by atoms with Gasteiger partial charge < -0.3 is 10.1 Å². The summed E-state index contributed by atoms with van der Waals surface area (Å²) < 4.78 is 6.02. The number of halogens is 2. The Kier molecular flexibility index (Phi) is 5.77. The molecule has 1 aromatic heterocycles. The van der Waals surface area contributed by atoms with Crippen LogP contribution in [0.5, 0.6) is 0 Å². The summed E-state index contributed by atoms with van der Waals surface area (Å²) in [5, 5.41) is 4.76. The summed E-state index contributed by atoms with van der Waals surface area (Å²) in [7, 11) is 0. The van der Waals surface area contributed by atoms with Crippen LogP contribution in [0.4, 0.5) is 5.82 Å². The van der Waals surface area contributed by atoms with Gasteiger partial charge in [-0.25, -0.2) is 9.97 Å². The van der Waals surface area contributed by atoms with Gasteiger partial charge in [0.1, 0.15) is 5.82 Å². The van der Waals surface area contributed by atoms with Crippen LogP contribution in [0, 0.1) is 13.8 Å². The number of nitrogens with zero attached hydrogens (tertiary/aromatic N) is 2. The minimum absolute atomic E-state index is 0.0449. The Morgan fingerprint density at radius 1 is 1.07 bits per heavy atom. The van der Waals surface area contributed by atoms with Crippen LogP contribution in [-0.4, -0.2) is 22.7 Å². The summed E-state index contributed by atoms with van der Waals surface area (Å²) in [6.07, 6.45) is 0.968. The van der Waals surface area contributed by atoms with Crippen LogP contribution in [0.2, 0.25) is 10.0 Å². The SMILES string of the molecule is CCO[C@H]1Cc2ccccc2[C@H]1Nc1nc(C)c(-c2ccc(Cl)cc2Cl)nc1C. The average molecular weight is 428 g/mol. The van der Waals surface area contributed by atoms with E-state index in [1.165, 1.54) is 11.1 Å². The molecule has 2 aromatic carbocycles. The standard InChI is InChI=1S/C23H23Cl2N3O/c1-4-29-20-11-15-7-5-6-8-17(15)22(20)28-23-14(3)26-21(13(2)27-23)18-10-9-16(24)12-19(18)25/h5-10,12,20,22H,4,11H2,1-3H3,(H,27,28)/t20-,22+/m0/s1. The van der Waals surface area contributed by atoms with Crippen molar-refractivity contribution in [2.45, 2.75) is 39.3 Å². The molecular weight excluding hydrogens is 405 g/mol. The van der Waals surface area contributed by atoms with E-state index >= 15 is 0 Å². The Bertz CT molecular complexity index is 1050. The van der Waals surface area contributed by atoms with Crippen LogP contribution in [0.1, 0.15) is 35.5 Å². The first-order valence-electron chi connectivity index (χ1n) is 9.74. The molecule has 4 rings (SSSR count). The highest BCUT2D eigenvalue weighted by atomic mass is 35.5. The molecule has 0 aliphatic heterocycles. The third-order valence-corrected chi connectivity index (χ3v) is 5.83. The maximum Gasteiger partial charge on any atom is 0.148 e. The zero-order chi connectivity index (χ0) is 20.5. The molecule has 1 N–H and O–H groups in total. The van der Waals surface area contributed by atoms with Crippen molar-refractivity contribution in [3.05, 3.63) is 75.0 Å². The van der Waals surface area contributed by atoms with E-state index in [9.17, 15) is 0 Å². The molecule has 0 saturated heterocycles. The van der Waals surface area contributed by atoms with Crippen molar-refractivity contribution >= 4 is 29.0 Å². The molecule has 0 bridgehead atoms. The van der Waals surface area contributed by atoms with Gasteiger partial charge in [-0.05, 0) is 50.1 Å². The lowest BCUT2D eigenvalue weighted by atomic mass is 10.1. The van der Waals surface area contributed by atoms with Crippen LogP contribution in [0.15, 0.2) is 42.5 Å². The fourth-order valence-corrected chi connectivity index (χ4v) is 4.42. The Morgan fingerprint density at radius 2 is 1.86 bits per heavy atom. The quantitative estimate of drug-likeness (QED) is 0.527. The lowest BCUT2D eigenvalue weighted by Gasteiger charge is -2.23. The maximum absolute atomic E-state index is 6.39. The van der Waals surface area contributed by atoms with Crippen molar-refractivity contribution in [3.63, 3.8) is 0 Å². The molecule has 0 amide bonds. The second-order valence-corrected chi connectivity index (χ2v) is 8.08. The fourth-order valence-electron chi connectivity index (χ4n) is 3.92. The summed E-state index contributed by atoms with van der Waals surface area (Å²) in [5.41, 5.74) is 5.79. The molecule has 1 aliphatic carbocycles. The first-order chi connectivity index (χ1) is 14.0. The number of fused-ring (bicyclic) bond motifs is 1. The molecule has 150 valence electrons. The Balaban J connectivity index is 1.68. The van der Waals surface area contributed by atoms with E-state index in [0.717, 1.165) is 34.9 Å². The number of ether oxygens (including phenoxy) is 1. The number of aromatic nitrogens is 2. The van der Waals surface area contributed by atoms with Gasteiger partial charge >= 0.3 is 0 Å². The van der Waals surface area contributed by atoms with E-state index < -0.39 is 0 Å². The van der Waals surface area contributed by atoms with Crippen LogP contribution in [-0.2, 0) is 11.2 Å². The van der Waals surface area contributed by atoms with Crippen LogP contribution in [0.25, 0.3) is 11.3 Å². The van der Waals surface area contributed by atoms with E-state index in [-0.39, 0.29) is 12.1 Å². The van der Waals surface area contributed by atoms with Crippen molar-refractivity contribution in [1.82, 2.24) is 9.97 Å². The lowest BCUT2D eigenvalue weighted by Crippen LogP contribution is -2.25. The average Bonchev–Trinajstić information content (AvgIpc) is 3.02. The Labute approximate surface area is 181 Å². The first kappa shape index (κ1) is 20.1. The van der Waals surface area contributed by atoms with Crippen molar-refractivity contribution in [3.8, 4) is 11.3 Å². The van der Waals surface area contributed by atoms with Gasteiger partial charge in [0.2, 0.25) is 0 Å². The molecule has 4 nitrogen and oxygen atoms in total. The lowest BCUT2D eigenvalue weighted by molar-refractivity contribution is 0.0573. The predicted molar refractivity (Wildman–Crippen MR) is 119 cm³/mol. The zero-order valence-corrected chi connectivity index (χ0v) is 18.2. The number of nitrogens with one attached hydrogen (secondary N) is 1. The molecule has 1 aliphatic rings. The summed E-state index contributed by atoms with van der Waals surface area (Å²) in [6.45, 7) is 6.60. The van der Waals surface area contributed by atoms with Gasteiger partial charge in [-0.1, -0.05) is 47.5 Å². The second-order valence-electron chi connectivity index (χ2n) is 7.23. The summed E-state index contributed by atoms with van der Waals surface area (Å²) in [6, 6.07) is 13.9. The van der Waals surface area contributed by atoms with E-state index in [0.29, 0.717) is 16.7 Å². The van der Waals surface area contributed by atoms with Gasteiger partial charge in [-0.3, -0.25) is 0 Å². The number of hydrogen-bond acceptors (Lipinski definition) is 4. The minimum Gasteiger partial charge on any atom is -0.376 e. The molecule has 0 unspecified atom stereocenters. The molecule has 6 heteroatoms. The van der Waals surface area contributed by atoms with Gasteiger partial charge in [0.25, 0.3) is 0 Å². The van der Waals surface area contributed by atoms with Crippen LogP contribution < -0.4 is 5.32 Å². The minimum atomic E-state index is 0.0449. The van der Waals surface area contributed by atoms with Gasteiger partial charge in [-0.15, -0.1) is 0 Å². The van der Waals surface area contributed by atoms with Crippen molar-refractivity contribution in [1.29, 1.82) is 0 Å². The zero-order valence-electron chi connectivity index (χ0n) is 16.7. The van der Waals surface area contributed by atoms with Crippen molar-refractivity contribution in [2.75, 3.05) is 11.9 Å². The van der Waals surface area contributed by atoms with Crippen molar-refractivity contribution < 1.29 is 4.74 Å². The molecule has 0 saturated carbocycles. The van der Waals surface area contributed by atoms with Crippen LogP contribution in [0.3, 0.4) is 0 Å². The van der Waals surface area contributed by atoms with Crippen LogP contribution >= 0.6 is 23.2 Å². The summed E-state index contributed by atoms with van der Waals surface area (Å²) >= 11 is 12.4. The molecular formula is C23H23Cl2N3O. The Hall–Kier alpha value is -2.14. The highest BCUT2D eigenvalue weighted by Crippen LogP contribution is 2.37. The number of benzene rings is 2. The van der Waals surface area contributed by atoms with Crippen molar-refractivity contribution in [2.24, 2.45) is 0 Å². The monoisotopic (exact) mass is 427 g/mol. The molecule has 2 atom stereocenters. The predicted octanol–water partition coefficient (Wildman–Crippen LogP) is 6.18. The summed E-state index contributed by atoms with van der Waals surface area (Å²) in [5.74, 6) is 0.766. The fraction of sp³-hybridized carbons (Fsp3) is 0.304. The van der Waals surface area contributed by atoms with Gasteiger partial charge in [0.05, 0.1) is 34.3 Å². The smallest absolute Gasteiger partial charge is 0.148 e. The molecule has 0 spiro atoms. The third kappa shape index (κ3) is 3.97. The topological polar surface area (TPSA) is 47.0 Å². The van der Waals surface area contributed by atoms with E-state index in [1.807, 2.05) is 32.9 Å². The molecule has 3 aromatic rings. The largest absolute Gasteiger partial charge is 0.376 e. The van der Waals surface area contributed by atoms with E-state index in [4.69, 9.17) is 37.9 Å². The van der Waals surface area contributed by atoms with E-state index in [2.05, 4.69) is 29.6 Å².